The maximum atomic E-state index is 6.17. The number of hydrogen-bond donors (Lipinski definition) is 0. The number of nitrogens with zero attached hydrogens (tertiary/aromatic N) is 6. The van der Waals surface area contributed by atoms with Crippen molar-refractivity contribution in [3.05, 3.63) is 36.1 Å². The van der Waals surface area contributed by atoms with Gasteiger partial charge in [-0.25, -0.2) is 4.98 Å². The predicted molar refractivity (Wildman–Crippen MR) is 87.1 cm³/mol. The van der Waals surface area contributed by atoms with Gasteiger partial charge in [0, 0.05) is 18.9 Å². The molecule has 0 saturated carbocycles. The molecule has 0 N–H and O–H groups in total. The fourth-order valence-corrected chi connectivity index (χ4v) is 2.96. The Morgan fingerprint density at radius 1 is 1.26 bits per heavy atom. The van der Waals surface area contributed by atoms with Crippen molar-refractivity contribution in [1.82, 2.24) is 24.5 Å². The van der Waals surface area contributed by atoms with E-state index in [0.29, 0.717) is 18.9 Å². The number of aromatic nitrogens is 5. The van der Waals surface area contributed by atoms with E-state index in [4.69, 9.17) is 16.3 Å². The molecular formula is C15H15ClN6O. The first kappa shape index (κ1) is 14.3. The fraction of sp³-hybridized carbons (Fsp3) is 0.333. The molecule has 1 atom stereocenters. The van der Waals surface area contributed by atoms with E-state index in [-0.39, 0.29) is 11.3 Å². The van der Waals surface area contributed by atoms with E-state index >= 15 is 0 Å². The highest BCUT2D eigenvalue weighted by Crippen LogP contribution is 2.28. The number of rotatable bonds is 2. The second-order valence-electron chi connectivity index (χ2n) is 5.43. The Bertz CT molecular complexity index is 837. The quantitative estimate of drug-likeness (QED) is 0.670. The fourth-order valence-electron chi connectivity index (χ4n) is 2.79. The van der Waals surface area contributed by atoms with Gasteiger partial charge >= 0.3 is 0 Å². The Morgan fingerprint density at radius 3 is 2.87 bits per heavy atom. The van der Waals surface area contributed by atoms with Crippen molar-refractivity contribution in [3.63, 3.8) is 0 Å². The number of ether oxygens (including phenoxy) is 1. The summed E-state index contributed by atoms with van der Waals surface area (Å²) in [6.07, 6.45) is 5.20. The maximum absolute atomic E-state index is 6.17. The molecule has 0 aliphatic carbocycles. The lowest BCUT2D eigenvalue weighted by molar-refractivity contribution is 0.0986. The van der Waals surface area contributed by atoms with Crippen LogP contribution in [0.25, 0.3) is 16.9 Å². The molecule has 3 aromatic rings. The van der Waals surface area contributed by atoms with Gasteiger partial charge in [0.1, 0.15) is 6.33 Å². The largest absolute Gasteiger partial charge is 0.377 e. The Morgan fingerprint density at radius 2 is 2.09 bits per heavy atom. The molecular weight excluding hydrogens is 316 g/mol. The average molecular weight is 331 g/mol. The van der Waals surface area contributed by atoms with Crippen LogP contribution in [-0.2, 0) is 4.74 Å². The molecule has 8 heteroatoms. The molecule has 0 radical (unpaired) electrons. The second-order valence-corrected chi connectivity index (χ2v) is 5.76. The van der Waals surface area contributed by atoms with Gasteiger partial charge in [-0.1, -0.05) is 0 Å². The first-order valence-corrected chi connectivity index (χ1v) is 7.77. The van der Waals surface area contributed by atoms with Crippen molar-refractivity contribution in [2.45, 2.75) is 13.0 Å². The average Bonchev–Trinajstić information content (AvgIpc) is 2.99. The highest BCUT2D eigenvalue weighted by atomic mass is 35.5. The SMILES string of the molecule is CC1COCCN1c1nc(Cl)nc2c1ncn2-c1ccncc1. The summed E-state index contributed by atoms with van der Waals surface area (Å²) in [6.45, 7) is 4.18. The summed E-state index contributed by atoms with van der Waals surface area (Å²) in [4.78, 5) is 19.5. The lowest BCUT2D eigenvalue weighted by Gasteiger charge is -2.34. The van der Waals surface area contributed by atoms with Crippen LogP contribution in [0.3, 0.4) is 0 Å². The molecule has 23 heavy (non-hydrogen) atoms. The number of hydrogen-bond acceptors (Lipinski definition) is 6. The molecule has 0 bridgehead atoms. The molecule has 0 aromatic carbocycles. The van der Waals surface area contributed by atoms with Crippen LogP contribution in [0.2, 0.25) is 5.28 Å². The van der Waals surface area contributed by atoms with Crippen LogP contribution in [-0.4, -0.2) is 50.3 Å². The van der Waals surface area contributed by atoms with E-state index < -0.39 is 0 Å². The standard InChI is InChI=1S/C15H15ClN6O/c1-10-8-23-7-6-21(10)13-12-14(20-15(16)19-13)22(9-18-12)11-2-4-17-5-3-11/h2-5,9-10H,6-8H2,1H3. The molecule has 3 aromatic heterocycles. The van der Waals surface area contributed by atoms with Crippen LogP contribution in [0.1, 0.15) is 6.92 Å². The molecule has 0 spiro atoms. The summed E-state index contributed by atoms with van der Waals surface area (Å²) in [5.41, 5.74) is 2.35. The van der Waals surface area contributed by atoms with Gasteiger partial charge in [-0.2, -0.15) is 9.97 Å². The molecule has 1 aliphatic rings. The summed E-state index contributed by atoms with van der Waals surface area (Å²) in [7, 11) is 0. The van der Waals surface area contributed by atoms with Crippen LogP contribution in [0.15, 0.2) is 30.9 Å². The van der Waals surface area contributed by atoms with Crippen LogP contribution in [0.5, 0.6) is 0 Å². The van der Waals surface area contributed by atoms with Crippen LogP contribution in [0, 0.1) is 0 Å². The number of morpholine rings is 1. The Balaban J connectivity index is 1.88. The van der Waals surface area contributed by atoms with Gasteiger partial charge in [0.05, 0.1) is 24.9 Å². The van der Waals surface area contributed by atoms with E-state index in [0.717, 1.165) is 23.6 Å². The van der Waals surface area contributed by atoms with Gasteiger partial charge in [-0.05, 0) is 30.7 Å². The van der Waals surface area contributed by atoms with E-state index in [1.165, 1.54) is 0 Å². The zero-order valence-electron chi connectivity index (χ0n) is 12.6. The molecule has 1 aliphatic heterocycles. The van der Waals surface area contributed by atoms with E-state index in [1.54, 1.807) is 18.7 Å². The van der Waals surface area contributed by atoms with Crippen molar-refractivity contribution >= 4 is 28.6 Å². The van der Waals surface area contributed by atoms with E-state index in [9.17, 15) is 0 Å². The number of imidazole rings is 1. The van der Waals surface area contributed by atoms with Gasteiger partial charge in [0.25, 0.3) is 0 Å². The molecule has 1 saturated heterocycles. The van der Waals surface area contributed by atoms with Gasteiger partial charge in [0.15, 0.2) is 17.0 Å². The first-order chi connectivity index (χ1) is 11.2. The number of halogens is 1. The van der Waals surface area contributed by atoms with Crippen LogP contribution < -0.4 is 4.90 Å². The van der Waals surface area contributed by atoms with Gasteiger partial charge in [-0.3, -0.25) is 9.55 Å². The van der Waals surface area contributed by atoms with E-state index in [2.05, 4.69) is 31.8 Å². The zero-order chi connectivity index (χ0) is 15.8. The van der Waals surface area contributed by atoms with Crippen molar-refractivity contribution < 1.29 is 4.74 Å². The summed E-state index contributed by atoms with van der Waals surface area (Å²) in [6, 6.07) is 4.01. The van der Waals surface area contributed by atoms with Crippen molar-refractivity contribution in [1.29, 1.82) is 0 Å². The van der Waals surface area contributed by atoms with Crippen molar-refractivity contribution in [2.24, 2.45) is 0 Å². The normalized spacial score (nSPS) is 18.5. The van der Waals surface area contributed by atoms with Crippen LogP contribution in [0.4, 0.5) is 5.82 Å². The topological polar surface area (TPSA) is 69.0 Å². The highest BCUT2D eigenvalue weighted by Gasteiger charge is 2.25. The van der Waals surface area contributed by atoms with E-state index in [1.807, 2.05) is 16.7 Å². The minimum Gasteiger partial charge on any atom is -0.377 e. The number of pyridine rings is 1. The minimum atomic E-state index is 0.210. The second kappa shape index (κ2) is 5.75. The molecule has 4 rings (SSSR count). The molecule has 118 valence electrons. The van der Waals surface area contributed by atoms with Crippen molar-refractivity contribution in [2.75, 3.05) is 24.7 Å². The minimum absolute atomic E-state index is 0.210. The molecule has 0 amide bonds. The highest BCUT2D eigenvalue weighted by molar-refractivity contribution is 6.28. The summed E-state index contributed by atoms with van der Waals surface area (Å²) in [5.74, 6) is 0.753. The molecule has 1 fully saturated rings. The monoisotopic (exact) mass is 330 g/mol. The molecule has 1 unspecified atom stereocenters. The molecule has 7 nitrogen and oxygen atoms in total. The third-order valence-corrected chi connectivity index (χ3v) is 4.10. The van der Waals surface area contributed by atoms with Crippen LogP contribution >= 0.6 is 11.6 Å². The molecule has 4 heterocycles. The summed E-state index contributed by atoms with van der Waals surface area (Å²) in [5, 5.41) is 0.210. The maximum Gasteiger partial charge on any atom is 0.226 e. The summed E-state index contributed by atoms with van der Waals surface area (Å²) >= 11 is 6.17. The third-order valence-electron chi connectivity index (χ3n) is 3.93. The number of fused-ring (bicyclic) bond motifs is 1. The van der Waals surface area contributed by atoms with Gasteiger partial charge in [0.2, 0.25) is 5.28 Å². The third kappa shape index (κ3) is 2.51. The van der Waals surface area contributed by atoms with Gasteiger partial charge < -0.3 is 9.64 Å². The lowest BCUT2D eigenvalue weighted by Crippen LogP contribution is -2.44. The predicted octanol–water partition coefficient (Wildman–Crippen LogP) is 2.09. The van der Waals surface area contributed by atoms with Crippen molar-refractivity contribution in [3.8, 4) is 5.69 Å². The zero-order valence-corrected chi connectivity index (χ0v) is 13.3. The summed E-state index contributed by atoms with van der Waals surface area (Å²) < 4.78 is 7.39. The lowest BCUT2D eigenvalue weighted by atomic mass is 10.2. The first-order valence-electron chi connectivity index (χ1n) is 7.39. The van der Waals surface area contributed by atoms with Gasteiger partial charge in [-0.15, -0.1) is 0 Å². The number of anilines is 1. The Hall–Kier alpha value is -2.25. The smallest absolute Gasteiger partial charge is 0.226 e. The Labute approximate surface area is 137 Å². The Kier molecular flexibility index (Phi) is 3.59.